The summed E-state index contributed by atoms with van der Waals surface area (Å²) in [6.07, 6.45) is 0. The van der Waals surface area contributed by atoms with Gasteiger partial charge in [-0.25, -0.2) is 0 Å². The summed E-state index contributed by atoms with van der Waals surface area (Å²) in [5.41, 5.74) is 10.9. The normalized spacial score (nSPS) is 15.1. The van der Waals surface area contributed by atoms with Gasteiger partial charge in [-0.05, 0) is 130 Å². The molecule has 0 saturated carbocycles. The van der Waals surface area contributed by atoms with Crippen molar-refractivity contribution in [2.45, 2.75) is 233 Å². The van der Waals surface area contributed by atoms with Crippen LogP contribution in [0.4, 0.5) is 0 Å². The van der Waals surface area contributed by atoms with Crippen LogP contribution in [0.3, 0.4) is 0 Å². The molecular formula is C56H92Si4. The van der Waals surface area contributed by atoms with Gasteiger partial charge in [-0.15, -0.1) is 0 Å². The predicted octanol–water partition coefficient (Wildman–Crippen LogP) is 15.5. The molecule has 0 atom stereocenters. The van der Waals surface area contributed by atoms with Gasteiger partial charge >= 0.3 is 0 Å². The third-order valence-electron chi connectivity index (χ3n) is 18.1. The lowest BCUT2D eigenvalue weighted by atomic mass is 10.1. The van der Waals surface area contributed by atoms with Gasteiger partial charge in [0.1, 0.15) is 0 Å². The van der Waals surface area contributed by atoms with Crippen LogP contribution in [-0.2, 0) is 0 Å². The standard InChI is InChI=1S/C56H92Si4/c1-33(2)57(34(3)4,35(5)6)53-47-31-27-25-29-45(47)49-51(53)55(59(39(13)14,40(15)16)41(17)18)50-46-30-26-28-32-48(46)54(58(36(7)8,37(9)10)38(11)12)52(50)56(49)60(42(19)20,43(21)22)44(23)24/h25-44H,1-24H3. The van der Waals surface area contributed by atoms with Gasteiger partial charge in [-0.3, -0.25) is 0 Å². The van der Waals surface area contributed by atoms with E-state index in [4.69, 9.17) is 0 Å². The first-order valence-corrected chi connectivity index (χ1v) is 33.9. The monoisotopic (exact) mass is 877 g/mol. The molecule has 0 bridgehead atoms. The molecule has 0 radical (unpaired) electrons. The van der Waals surface area contributed by atoms with Gasteiger partial charge in [0.25, 0.3) is 0 Å². The third-order valence-corrected chi connectivity index (χ3v) is 46.6. The zero-order chi connectivity index (χ0) is 45.5. The molecule has 0 saturated heterocycles. The molecule has 0 aromatic heterocycles. The fourth-order valence-electron chi connectivity index (χ4n) is 17.1. The maximum absolute atomic E-state index is 2.66. The van der Waals surface area contributed by atoms with Crippen LogP contribution in [0.25, 0.3) is 10.4 Å². The molecule has 0 unspecified atom stereocenters. The van der Waals surface area contributed by atoms with Crippen molar-refractivity contribution in [3.8, 4) is 0 Å². The molecule has 0 heterocycles. The highest BCUT2D eigenvalue weighted by atomic mass is 28.3. The molecule has 3 aromatic carbocycles. The average Bonchev–Trinajstić information content (AvgIpc) is 3.62. The van der Waals surface area contributed by atoms with Crippen molar-refractivity contribution in [3.63, 3.8) is 0 Å². The Morgan fingerprint density at radius 1 is 0.250 bits per heavy atom. The van der Waals surface area contributed by atoms with E-state index >= 15 is 0 Å². The fraction of sp³-hybridized carbons (Fsp3) is 0.643. The SMILES string of the molecule is CC(C)[Si](C1=c2ccccc2=c2c1c([Si](C(C)C)(C(C)C)C(C)C)c1c(c2[Si](C(C)C)(C(C)C)C(C)C)C([Si](C(C)C)(C(C)C)C(C)C)=c2ccccc2=1)(C(C)C)C(C)C. The lowest BCUT2D eigenvalue weighted by molar-refractivity contribution is 0.828. The van der Waals surface area contributed by atoms with E-state index in [0.29, 0.717) is 66.5 Å². The number of fused-ring (bicyclic) bond motifs is 4. The number of hydrogen-bond acceptors (Lipinski definition) is 0. The number of benzene rings is 3. The number of rotatable bonds is 16. The molecule has 0 spiro atoms. The first-order valence-electron chi connectivity index (χ1n) is 25.0. The van der Waals surface area contributed by atoms with Gasteiger partial charge in [-0.1, -0.05) is 215 Å². The summed E-state index contributed by atoms with van der Waals surface area (Å²) in [4.78, 5) is 0. The van der Waals surface area contributed by atoms with E-state index < -0.39 is 32.3 Å². The Bertz CT molecular complexity index is 2130. The molecule has 2 aliphatic carbocycles. The minimum Gasteiger partial charge on any atom is -0.0648 e. The Morgan fingerprint density at radius 3 is 0.617 bits per heavy atom. The molecule has 0 N–H and O–H groups in total. The molecule has 4 heteroatoms. The van der Waals surface area contributed by atoms with Gasteiger partial charge in [0.05, 0.1) is 32.3 Å². The van der Waals surface area contributed by atoms with Gasteiger partial charge in [0, 0.05) is 0 Å². The summed E-state index contributed by atoms with van der Waals surface area (Å²) >= 11 is 0. The minimum absolute atomic E-state index is 0.593. The highest BCUT2D eigenvalue weighted by molar-refractivity contribution is 7.04. The highest BCUT2D eigenvalue weighted by Crippen LogP contribution is 2.56. The van der Waals surface area contributed by atoms with E-state index in [1.54, 1.807) is 42.4 Å². The molecule has 0 fully saturated rings. The molecule has 0 aliphatic heterocycles. The van der Waals surface area contributed by atoms with Crippen LogP contribution < -0.4 is 20.8 Å². The third kappa shape index (κ3) is 6.37. The Kier molecular flexibility index (Phi) is 14.2. The Labute approximate surface area is 374 Å². The summed E-state index contributed by atoms with van der Waals surface area (Å²) in [5.74, 6) is 0. The van der Waals surface area contributed by atoms with Crippen LogP contribution in [0, 0.1) is 20.9 Å². The quantitative estimate of drug-likeness (QED) is 0.126. The van der Waals surface area contributed by atoms with Gasteiger partial charge in [0.2, 0.25) is 0 Å². The van der Waals surface area contributed by atoms with E-state index in [1.165, 1.54) is 0 Å². The Morgan fingerprint density at radius 2 is 0.433 bits per heavy atom. The topological polar surface area (TPSA) is 0 Å². The van der Waals surface area contributed by atoms with Gasteiger partial charge in [0.15, 0.2) is 0 Å². The summed E-state index contributed by atoms with van der Waals surface area (Å²) < 4.78 is 0. The van der Waals surface area contributed by atoms with Crippen molar-refractivity contribution in [1.82, 2.24) is 0 Å². The molecule has 332 valence electrons. The van der Waals surface area contributed by atoms with Crippen LogP contribution in [0.2, 0.25) is 66.5 Å². The molecule has 5 rings (SSSR count). The Balaban J connectivity index is 2.53. The van der Waals surface area contributed by atoms with E-state index in [-0.39, 0.29) is 0 Å². The summed E-state index contributed by atoms with van der Waals surface area (Å²) in [6, 6.07) is 20.2. The summed E-state index contributed by atoms with van der Waals surface area (Å²) in [7, 11) is -9.23. The van der Waals surface area contributed by atoms with E-state index in [0.717, 1.165) is 0 Å². The van der Waals surface area contributed by atoms with Crippen molar-refractivity contribution in [3.05, 3.63) is 91.0 Å². The maximum atomic E-state index is 2.66. The molecule has 0 amide bonds. The molecule has 2 aliphatic rings. The van der Waals surface area contributed by atoms with Crippen molar-refractivity contribution in [1.29, 1.82) is 0 Å². The smallest absolute Gasteiger partial charge is 0.0648 e. The molecule has 3 aromatic rings. The van der Waals surface area contributed by atoms with Crippen molar-refractivity contribution < 1.29 is 0 Å². The Hall–Kier alpha value is -1.73. The van der Waals surface area contributed by atoms with Crippen LogP contribution in [0.5, 0.6) is 0 Å². The van der Waals surface area contributed by atoms with Crippen LogP contribution in [-0.4, -0.2) is 32.3 Å². The first-order chi connectivity index (χ1) is 27.8. The number of hydrogen-bond donors (Lipinski definition) is 0. The minimum atomic E-state index is -2.37. The van der Waals surface area contributed by atoms with Crippen LogP contribution in [0.1, 0.15) is 177 Å². The fourth-order valence-corrected chi connectivity index (χ4v) is 45.8. The predicted molar refractivity (Wildman–Crippen MR) is 282 cm³/mol. The van der Waals surface area contributed by atoms with E-state index in [1.807, 2.05) is 20.8 Å². The molecule has 0 nitrogen and oxygen atoms in total. The second kappa shape index (κ2) is 17.3. The van der Waals surface area contributed by atoms with Crippen LogP contribution >= 0.6 is 0 Å². The lowest BCUT2D eigenvalue weighted by Crippen LogP contribution is -2.63. The van der Waals surface area contributed by atoms with Crippen molar-refractivity contribution in [2.75, 3.05) is 0 Å². The largest absolute Gasteiger partial charge is 0.0959 e. The van der Waals surface area contributed by atoms with Gasteiger partial charge < -0.3 is 0 Å². The van der Waals surface area contributed by atoms with Crippen molar-refractivity contribution >= 4 is 53.1 Å². The van der Waals surface area contributed by atoms with Crippen molar-refractivity contribution in [2.24, 2.45) is 0 Å². The lowest BCUT2D eigenvalue weighted by Gasteiger charge is -2.52. The summed E-state index contributed by atoms with van der Waals surface area (Å²) in [5, 5.41) is 17.4. The second-order valence-electron chi connectivity index (χ2n) is 23.7. The summed E-state index contributed by atoms with van der Waals surface area (Å²) in [6.45, 7) is 63.6. The zero-order valence-corrected chi connectivity index (χ0v) is 47.5. The average molecular weight is 878 g/mol. The maximum Gasteiger partial charge on any atom is 0.0959 e. The zero-order valence-electron chi connectivity index (χ0n) is 43.5. The first kappa shape index (κ1) is 49.3. The molecular weight excluding hydrogens is 785 g/mol. The van der Waals surface area contributed by atoms with E-state index in [9.17, 15) is 0 Å². The van der Waals surface area contributed by atoms with Crippen LogP contribution in [0.15, 0.2) is 48.5 Å². The van der Waals surface area contributed by atoms with E-state index in [2.05, 4.69) is 215 Å². The second-order valence-corrected chi connectivity index (χ2v) is 47.0. The molecule has 60 heavy (non-hydrogen) atoms. The van der Waals surface area contributed by atoms with Gasteiger partial charge in [-0.2, -0.15) is 0 Å². The highest BCUT2D eigenvalue weighted by Gasteiger charge is 2.58.